The summed E-state index contributed by atoms with van der Waals surface area (Å²) in [5, 5.41) is 2.65. The van der Waals surface area contributed by atoms with Gasteiger partial charge in [-0.25, -0.2) is 17.7 Å². The number of rotatable bonds is 8. The van der Waals surface area contributed by atoms with Crippen LogP contribution in [0.2, 0.25) is 0 Å². The van der Waals surface area contributed by atoms with Gasteiger partial charge in [-0.1, -0.05) is 18.2 Å². The number of halogens is 3. The second-order valence-corrected chi connectivity index (χ2v) is 9.93. The van der Waals surface area contributed by atoms with Gasteiger partial charge in [-0.2, -0.15) is 13.2 Å². The van der Waals surface area contributed by atoms with Crippen LogP contribution in [0.1, 0.15) is 23.4 Å². The van der Waals surface area contributed by atoms with E-state index in [0.717, 1.165) is 15.9 Å². The minimum absolute atomic E-state index is 0.0663. The molecule has 0 unspecified atom stereocenters. The molecule has 0 fully saturated rings. The van der Waals surface area contributed by atoms with Gasteiger partial charge in [0.15, 0.2) is 0 Å². The molecule has 0 saturated carbocycles. The standard InChI is InChI=1S/C22H25F3N4O3S/c1-28(2)33(31,32)16-8-9-19-18(14-16)27-20(29(19)3)10-11-21(30)26-13-12-15-6-4-5-7-17(15)22(23,24)25/h4-9,14H,10-13H2,1-3H3,(H,26,30). The monoisotopic (exact) mass is 482 g/mol. The first-order valence-electron chi connectivity index (χ1n) is 10.2. The first-order chi connectivity index (χ1) is 15.4. The number of aryl methyl sites for hydroxylation is 2. The number of nitrogens with zero attached hydrogens (tertiary/aromatic N) is 3. The molecule has 3 rings (SSSR count). The molecule has 0 bridgehead atoms. The molecule has 3 aromatic rings. The van der Waals surface area contributed by atoms with E-state index in [1.807, 2.05) is 0 Å². The van der Waals surface area contributed by atoms with Gasteiger partial charge in [-0.05, 0) is 36.2 Å². The predicted molar refractivity (Wildman–Crippen MR) is 118 cm³/mol. The summed E-state index contributed by atoms with van der Waals surface area (Å²) in [6.45, 7) is 0.0836. The average Bonchev–Trinajstić information content (AvgIpc) is 3.06. The van der Waals surface area contributed by atoms with Gasteiger partial charge in [0.05, 0.1) is 21.5 Å². The molecule has 0 radical (unpaired) electrons. The third kappa shape index (κ3) is 5.53. The zero-order valence-electron chi connectivity index (χ0n) is 18.5. The summed E-state index contributed by atoms with van der Waals surface area (Å²) in [5.74, 6) is 0.296. The van der Waals surface area contributed by atoms with Crippen molar-refractivity contribution < 1.29 is 26.4 Å². The third-order valence-corrected chi connectivity index (χ3v) is 7.15. The van der Waals surface area contributed by atoms with E-state index in [-0.39, 0.29) is 35.8 Å². The summed E-state index contributed by atoms with van der Waals surface area (Å²) >= 11 is 0. The van der Waals surface area contributed by atoms with Gasteiger partial charge in [0.25, 0.3) is 0 Å². The Labute approximate surface area is 190 Å². The van der Waals surface area contributed by atoms with Crippen molar-refractivity contribution in [2.75, 3.05) is 20.6 Å². The van der Waals surface area contributed by atoms with Crippen LogP contribution in [0.3, 0.4) is 0 Å². The van der Waals surface area contributed by atoms with Gasteiger partial charge in [0.2, 0.25) is 15.9 Å². The number of hydrogen-bond donors (Lipinski definition) is 1. The van der Waals surface area contributed by atoms with Crippen molar-refractivity contribution in [1.82, 2.24) is 19.2 Å². The van der Waals surface area contributed by atoms with E-state index in [2.05, 4.69) is 10.3 Å². The van der Waals surface area contributed by atoms with Crippen LogP contribution in [-0.4, -0.2) is 48.8 Å². The van der Waals surface area contributed by atoms with Crippen molar-refractivity contribution in [1.29, 1.82) is 0 Å². The van der Waals surface area contributed by atoms with E-state index >= 15 is 0 Å². The zero-order valence-corrected chi connectivity index (χ0v) is 19.3. The molecular weight excluding hydrogens is 457 g/mol. The van der Waals surface area contributed by atoms with Crippen LogP contribution in [-0.2, 0) is 40.9 Å². The number of amides is 1. The van der Waals surface area contributed by atoms with Gasteiger partial charge < -0.3 is 9.88 Å². The van der Waals surface area contributed by atoms with Crippen molar-refractivity contribution >= 4 is 27.0 Å². The van der Waals surface area contributed by atoms with Crippen molar-refractivity contribution in [3.8, 4) is 0 Å². The Balaban J connectivity index is 1.62. The number of carbonyl (C=O) groups excluding carboxylic acids is 1. The molecule has 1 heterocycles. The van der Waals surface area contributed by atoms with Crippen molar-refractivity contribution in [2.24, 2.45) is 7.05 Å². The van der Waals surface area contributed by atoms with Gasteiger partial charge >= 0.3 is 6.18 Å². The van der Waals surface area contributed by atoms with E-state index in [1.165, 1.54) is 44.4 Å². The molecule has 1 amide bonds. The topological polar surface area (TPSA) is 84.3 Å². The Kier molecular flexibility index (Phi) is 7.13. The molecule has 1 aromatic heterocycles. The first kappa shape index (κ1) is 24.7. The fraction of sp³-hybridized carbons (Fsp3) is 0.364. The van der Waals surface area contributed by atoms with Crippen LogP contribution in [0.15, 0.2) is 47.4 Å². The highest BCUT2D eigenvalue weighted by atomic mass is 32.2. The van der Waals surface area contributed by atoms with Gasteiger partial charge in [0, 0.05) is 40.5 Å². The van der Waals surface area contributed by atoms with Crippen LogP contribution < -0.4 is 5.32 Å². The lowest BCUT2D eigenvalue weighted by Crippen LogP contribution is -2.26. The second kappa shape index (κ2) is 9.52. The second-order valence-electron chi connectivity index (χ2n) is 7.78. The lowest BCUT2D eigenvalue weighted by Gasteiger charge is -2.13. The molecule has 33 heavy (non-hydrogen) atoms. The van der Waals surface area contributed by atoms with Crippen LogP contribution in [0, 0.1) is 0 Å². The predicted octanol–water partition coefficient (Wildman–Crippen LogP) is 3.13. The van der Waals surface area contributed by atoms with Gasteiger partial charge in [-0.3, -0.25) is 4.79 Å². The molecule has 178 valence electrons. The number of carbonyl (C=O) groups is 1. The summed E-state index contributed by atoms with van der Waals surface area (Å²) in [5.41, 5.74) is 0.658. The van der Waals surface area contributed by atoms with Crippen LogP contribution in [0.4, 0.5) is 13.2 Å². The quantitative estimate of drug-likeness (QED) is 0.535. The van der Waals surface area contributed by atoms with E-state index in [4.69, 9.17) is 0 Å². The summed E-state index contributed by atoms with van der Waals surface area (Å²) in [6, 6.07) is 9.96. The Morgan fingerprint density at radius 3 is 2.48 bits per heavy atom. The van der Waals surface area contributed by atoms with Crippen molar-refractivity contribution in [3.05, 3.63) is 59.4 Å². The van der Waals surface area contributed by atoms with Crippen molar-refractivity contribution in [3.63, 3.8) is 0 Å². The highest BCUT2D eigenvalue weighted by Crippen LogP contribution is 2.31. The largest absolute Gasteiger partial charge is 0.416 e. The zero-order chi connectivity index (χ0) is 24.4. The Hall–Kier alpha value is -2.92. The summed E-state index contributed by atoms with van der Waals surface area (Å²) in [7, 11) is 1.08. The van der Waals surface area contributed by atoms with Crippen LogP contribution in [0.25, 0.3) is 11.0 Å². The molecule has 7 nitrogen and oxygen atoms in total. The number of benzene rings is 2. The number of hydrogen-bond acceptors (Lipinski definition) is 4. The Morgan fingerprint density at radius 1 is 1.12 bits per heavy atom. The summed E-state index contributed by atoms with van der Waals surface area (Å²) < 4.78 is 66.8. The Morgan fingerprint density at radius 2 is 1.82 bits per heavy atom. The summed E-state index contributed by atoms with van der Waals surface area (Å²) in [4.78, 5) is 16.8. The van der Waals surface area contributed by atoms with E-state index in [1.54, 1.807) is 17.7 Å². The lowest BCUT2D eigenvalue weighted by atomic mass is 10.0. The summed E-state index contributed by atoms with van der Waals surface area (Å²) in [6.07, 6.45) is -3.98. The molecular formula is C22H25F3N4O3S. The maximum absolute atomic E-state index is 13.1. The first-order valence-corrected chi connectivity index (χ1v) is 11.6. The number of fused-ring (bicyclic) bond motifs is 1. The van der Waals surface area contributed by atoms with Crippen LogP contribution >= 0.6 is 0 Å². The molecule has 0 aliphatic rings. The molecule has 0 spiro atoms. The smallest absolute Gasteiger partial charge is 0.356 e. The van der Waals surface area contributed by atoms with E-state index in [9.17, 15) is 26.4 Å². The van der Waals surface area contributed by atoms with Crippen molar-refractivity contribution in [2.45, 2.75) is 30.3 Å². The third-order valence-electron chi connectivity index (χ3n) is 5.34. The maximum Gasteiger partial charge on any atom is 0.416 e. The highest BCUT2D eigenvalue weighted by Gasteiger charge is 2.32. The van der Waals surface area contributed by atoms with Crippen LogP contribution in [0.5, 0.6) is 0 Å². The molecule has 1 N–H and O–H groups in total. The van der Waals surface area contributed by atoms with E-state index in [0.29, 0.717) is 17.8 Å². The van der Waals surface area contributed by atoms with Gasteiger partial charge in [0.1, 0.15) is 5.82 Å². The minimum atomic E-state index is -4.44. The average molecular weight is 483 g/mol. The molecule has 11 heteroatoms. The normalized spacial score (nSPS) is 12.5. The lowest BCUT2D eigenvalue weighted by molar-refractivity contribution is -0.138. The molecule has 0 saturated heterocycles. The molecule has 0 aliphatic carbocycles. The highest BCUT2D eigenvalue weighted by molar-refractivity contribution is 7.89. The SMILES string of the molecule is CN(C)S(=O)(=O)c1ccc2c(c1)nc(CCC(=O)NCCc1ccccc1C(F)(F)F)n2C. The number of imidazole rings is 1. The van der Waals surface area contributed by atoms with Gasteiger partial charge in [-0.15, -0.1) is 0 Å². The molecule has 0 atom stereocenters. The number of alkyl halides is 3. The number of nitrogens with one attached hydrogen (secondary N) is 1. The minimum Gasteiger partial charge on any atom is -0.356 e. The Bertz CT molecular complexity index is 1270. The fourth-order valence-corrected chi connectivity index (χ4v) is 4.41. The molecule has 0 aliphatic heterocycles. The number of aromatic nitrogens is 2. The fourth-order valence-electron chi connectivity index (χ4n) is 3.49. The maximum atomic E-state index is 13.1. The van der Waals surface area contributed by atoms with E-state index < -0.39 is 21.8 Å². The number of sulfonamides is 1. The molecule has 2 aromatic carbocycles.